The molecule has 27 heavy (non-hydrogen) atoms. The molecule has 1 unspecified atom stereocenters. The van der Waals surface area contributed by atoms with E-state index in [1.54, 1.807) is 22.9 Å². The van der Waals surface area contributed by atoms with Crippen LogP contribution in [0.15, 0.2) is 48.8 Å². The van der Waals surface area contributed by atoms with E-state index in [-0.39, 0.29) is 17.8 Å². The number of carbonyl (C=O) groups excluding carboxylic acids is 1. The molecule has 3 aromatic rings. The molecule has 0 spiro atoms. The van der Waals surface area contributed by atoms with Gasteiger partial charge in [-0.15, -0.1) is 5.10 Å². The van der Waals surface area contributed by atoms with Gasteiger partial charge in [0.1, 0.15) is 12.1 Å². The summed E-state index contributed by atoms with van der Waals surface area (Å²) in [5.41, 5.74) is 2.88. The maximum Gasteiger partial charge on any atom is 0.251 e. The summed E-state index contributed by atoms with van der Waals surface area (Å²) in [5.74, 6) is -0.375. The molecule has 138 valence electrons. The van der Waals surface area contributed by atoms with E-state index in [9.17, 15) is 9.18 Å². The van der Waals surface area contributed by atoms with Gasteiger partial charge in [-0.25, -0.2) is 9.07 Å². The van der Waals surface area contributed by atoms with E-state index in [2.05, 4.69) is 20.8 Å². The molecule has 0 saturated carbocycles. The highest BCUT2D eigenvalue weighted by Gasteiger charge is 2.26. The normalized spacial score (nSPS) is 16.5. The molecule has 1 atom stereocenters. The number of para-hydroxylation sites is 1. The number of halogens is 1. The van der Waals surface area contributed by atoms with Gasteiger partial charge in [0.15, 0.2) is 0 Å². The van der Waals surface area contributed by atoms with Crippen molar-refractivity contribution in [3.05, 3.63) is 65.7 Å². The summed E-state index contributed by atoms with van der Waals surface area (Å²) in [4.78, 5) is 14.6. The quantitative estimate of drug-likeness (QED) is 0.765. The van der Waals surface area contributed by atoms with Crippen LogP contribution in [0.4, 0.5) is 10.1 Å². The highest BCUT2D eigenvalue weighted by atomic mass is 19.1. The van der Waals surface area contributed by atoms with Gasteiger partial charge in [-0.05, 0) is 59.7 Å². The van der Waals surface area contributed by atoms with Crippen LogP contribution in [0, 0.1) is 12.7 Å². The third kappa shape index (κ3) is 3.51. The van der Waals surface area contributed by atoms with Crippen molar-refractivity contribution >= 4 is 11.6 Å². The molecular formula is C19H19FN6O. The number of hydrogen-bond acceptors (Lipinski definition) is 5. The zero-order valence-electron chi connectivity index (χ0n) is 14.8. The minimum Gasteiger partial charge on any atom is -0.367 e. The zero-order chi connectivity index (χ0) is 18.8. The fourth-order valence-electron chi connectivity index (χ4n) is 3.40. The van der Waals surface area contributed by atoms with Gasteiger partial charge < -0.3 is 10.2 Å². The molecule has 1 N–H and O–H groups in total. The topological polar surface area (TPSA) is 75.9 Å². The van der Waals surface area contributed by atoms with Crippen LogP contribution in [0.1, 0.15) is 22.3 Å². The van der Waals surface area contributed by atoms with Crippen LogP contribution >= 0.6 is 0 Å². The van der Waals surface area contributed by atoms with Crippen molar-refractivity contribution in [3.63, 3.8) is 0 Å². The van der Waals surface area contributed by atoms with Gasteiger partial charge in [0.2, 0.25) is 0 Å². The summed E-state index contributed by atoms with van der Waals surface area (Å²) in [6.07, 6.45) is 2.29. The molecule has 2 aromatic carbocycles. The maximum absolute atomic E-state index is 13.9. The number of rotatable bonds is 4. The van der Waals surface area contributed by atoms with Crippen molar-refractivity contribution in [2.75, 3.05) is 18.0 Å². The van der Waals surface area contributed by atoms with E-state index in [0.29, 0.717) is 24.3 Å². The Morgan fingerprint density at radius 2 is 2.07 bits per heavy atom. The van der Waals surface area contributed by atoms with E-state index in [1.165, 1.54) is 12.4 Å². The monoisotopic (exact) mass is 366 g/mol. The Morgan fingerprint density at radius 1 is 1.22 bits per heavy atom. The van der Waals surface area contributed by atoms with Crippen molar-refractivity contribution in [3.8, 4) is 5.69 Å². The summed E-state index contributed by atoms with van der Waals surface area (Å²) in [7, 11) is 0. The van der Waals surface area contributed by atoms with Crippen molar-refractivity contribution < 1.29 is 9.18 Å². The van der Waals surface area contributed by atoms with Gasteiger partial charge in [0.05, 0.1) is 11.4 Å². The average molecular weight is 366 g/mol. The number of carbonyl (C=O) groups is 1. The van der Waals surface area contributed by atoms with Crippen molar-refractivity contribution in [2.24, 2.45) is 0 Å². The highest BCUT2D eigenvalue weighted by molar-refractivity contribution is 5.95. The van der Waals surface area contributed by atoms with Gasteiger partial charge >= 0.3 is 0 Å². The van der Waals surface area contributed by atoms with Crippen LogP contribution in [-0.4, -0.2) is 45.2 Å². The minimum absolute atomic E-state index is 0.0170. The predicted octanol–water partition coefficient (Wildman–Crippen LogP) is 2.12. The second kappa shape index (κ2) is 7.14. The molecule has 0 aliphatic carbocycles. The Balaban J connectivity index is 1.43. The van der Waals surface area contributed by atoms with Crippen molar-refractivity contribution in [2.45, 2.75) is 19.4 Å². The SMILES string of the molecule is Cc1cc(C(=O)NC2CCN(c3ccccc3F)C2)ccc1-n1cnnn1. The first-order chi connectivity index (χ1) is 13.1. The molecule has 1 aliphatic heterocycles. The Hall–Kier alpha value is -3.29. The summed E-state index contributed by atoms with van der Waals surface area (Å²) in [6, 6.07) is 12.1. The van der Waals surface area contributed by atoms with Crippen LogP contribution in [0.3, 0.4) is 0 Å². The Kier molecular flexibility index (Phi) is 4.53. The van der Waals surface area contributed by atoms with E-state index >= 15 is 0 Å². The summed E-state index contributed by atoms with van der Waals surface area (Å²) < 4.78 is 15.5. The number of amides is 1. The molecule has 1 fully saturated rings. The van der Waals surface area contributed by atoms with Crippen LogP contribution in [0.5, 0.6) is 0 Å². The molecule has 1 aromatic heterocycles. The number of hydrogen-bond donors (Lipinski definition) is 1. The van der Waals surface area contributed by atoms with Gasteiger partial charge in [-0.2, -0.15) is 0 Å². The lowest BCUT2D eigenvalue weighted by Gasteiger charge is -2.19. The largest absolute Gasteiger partial charge is 0.367 e. The summed E-state index contributed by atoms with van der Waals surface area (Å²) in [5, 5.41) is 14.2. The standard InChI is InChI=1S/C19H19FN6O/c1-13-10-14(6-7-17(13)26-12-21-23-24-26)19(27)22-15-8-9-25(11-15)18-5-3-2-4-16(18)20/h2-7,10,12,15H,8-9,11H2,1H3,(H,22,27). The number of aryl methyl sites for hydroxylation is 1. The third-order valence-corrected chi connectivity index (χ3v) is 4.77. The second-order valence-electron chi connectivity index (χ2n) is 6.61. The zero-order valence-corrected chi connectivity index (χ0v) is 14.8. The number of tetrazole rings is 1. The summed E-state index contributed by atoms with van der Waals surface area (Å²) in [6.45, 7) is 3.21. The van der Waals surface area contributed by atoms with E-state index in [4.69, 9.17) is 0 Å². The van der Waals surface area contributed by atoms with Crippen molar-refractivity contribution in [1.82, 2.24) is 25.5 Å². The molecule has 1 aliphatic rings. The number of nitrogens with one attached hydrogen (secondary N) is 1. The lowest BCUT2D eigenvalue weighted by molar-refractivity contribution is 0.0940. The van der Waals surface area contributed by atoms with Crippen LogP contribution < -0.4 is 10.2 Å². The molecule has 2 heterocycles. The van der Waals surface area contributed by atoms with Crippen LogP contribution in [-0.2, 0) is 0 Å². The van der Waals surface area contributed by atoms with Gasteiger partial charge in [-0.1, -0.05) is 12.1 Å². The lowest BCUT2D eigenvalue weighted by Crippen LogP contribution is -2.37. The van der Waals surface area contributed by atoms with Gasteiger partial charge in [0, 0.05) is 24.7 Å². The number of anilines is 1. The van der Waals surface area contributed by atoms with Crippen molar-refractivity contribution in [1.29, 1.82) is 0 Å². The molecule has 0 bridgehead atoms. The number of benzene rings is 2. The van der Waals surface area contributed by atoms with Crippen LogP contribution in [0.2, 0.25) is 0 Å². The average Bonchev–Trinajstić information content (AvgIpc) is 3.34. The molecule has 8 heteroatoms. The Morgan fingerprint density at radius 3 is 2.81 bits per heavy atom. The van der Waals surface area contributed by atoms with Crippen LogP contribution in [0.25, 0.3) is 5.69 Å². The first kappa shape index (κ1) is 17.1. The lowest BCUT2D eigenvalue weighted by atomic mass is 10.1. The maximum atomic E-state index is 13.9. The summed E-state index contributed by atoms with van der Waals surface area (Å²) >= 11 is 0. The first-order valence-corrected chi connectivity index (χ1v) is 8.76. The fraction of sp³-hybridized carbons (Fsp3) is 0.263. The third-order valence-electron chi connectivity index (χ3n) is 4.77. The number of nitrogens with zero attached hydrogens (tertiary/aromatic N) is 5. The Bertz CT molecular complexity index is 959. The first-order valence-electron chi connectivity index (χ1n) is 8.76. The minimum atomic E-state index is -0.238. The molecule has 4 rings (SSSR count). The molecule has 0 radical (unpaired) electrons. The van der Waals surface area contributed by atoms with E-state index in [1.807, 2.05) is 30.0 Å². The van der Waals surface area contributed by atoms with Gasteiger partial charge in [-0.3, -0.25) is 4.79 Å². The highest BCUT2D eigenvalue weighted by Crippen LogP contribution is 2.23. The Labute approximate surface area is 155 Å². The van der Waals surface area contributed by atoms with E-state index in [0.717, 1.165) is 17.7 Å². The second-order valence-corrected chi connectivity index (χ2v) is 6.61. The molecule has 7 nitrogen and oxygen atoms in total. The molecular weight excluding hydrogens is 347 g/mol. The predicted molar refractivity (Wildman–Crippen MR) is 98.4 cm³/mol. The number of aromatic nitrogens is 4. The van der Waals surface area contributed by atoms with E-state index < -0.39 is 0 Å². The van der Waals surface area contributed by atoms with Gasteiger partial charge in [0.25, 0.3) is 5.91 Å². The fourth-order valence-corrected chi connectivity index (χ4v) is 3.40. The molecule has 1 amide bonds. The molecule has 1 saturated heterocycles. The smallest absolute Gasteiger partial charge is 0.251 e.